The van der Waals surface area contributed by atoms with Crippen molar-refractivity contribution >= 4 is 5.82 Å². The summed E-state index contributed by atoms with van der Waals surface area (Å²) in [5.74, 6) is -2.77. The molecule has 96 valence electrons. The maximum atomic E-state index is 13.7. The number of nitrogens with zero attached hydrogens (tertiary/aromatic N) is 2. The van der Waals surface area contributed by atoms with Crippen LogP contribution in [0, 0.1) is 11.6 Å². The van der Waals surface area contributed by atoms with Crippen LogP contribution in [0.3, 0.4) is 0 Å². The Bertz CT molecular complexity index is 591. The van der Waals surface area contributed by atoms with Crippen LogP contribution in [-0.2, 0) is 7.05 Å². The van der Waals surface area contributed by atoms with Crippen LogP contribution < -0.4 is 10.5 Å². The Kier molecular flexibility index (Phi) is 2.82. The highest BCUT2D eigenvalue weighted by molar-refractivity contribution is 5.73. The second-order valence-electron chi connectivity index (χ2n) is 3.68. The van der Waals surface area contributed by atoms with Crippen molar-refractivity contribution in [1.82, 2.24) is 9.78 Å². The molecule has 0 aliphatic heterocycles. The van der Waals surface area contributed by atoms with Gasteiger partial charge in [-0.05, 0) is 0 Å². The molecule has 0 radical (unpaired) electrons. The lowest BCUT2D eigenvalue weighted by atomic mass is 10.1. The highest BCUT2D eigenvalue weighted by atomic mass is 19.2. The Labute approximate surface area is 101 Å². The number of phenols is 1. The fourth-order valence-electron chi connectivity index (χ4n) is 1.59. The fraction of sp³-hybridized carbons (Fsp3) is 0.182. The molecule has 5 nitrogen and oxygen atoms in total. The number of halogens is 2. The van der Waals surface area contributed by atoms with Gasteiger partial charge in [-0.3, -0.25) is 4.68 Å². The molecule has 0 saturated carbocycles. The first-order valence-corrected chi connectivity index (χ1v) is 5.00. The van der Waals surface area contributed by atoms with Crippen LogP contribution in [0.15, 0.2) is 12.1 Å². The van der Waals surface area contributed by atoms with Gasteiger partial charge in [0.25, 0.3) is 0 Å². The van der Waals surface area contributed by atoms with E-state index in [9.17, 15) is 13.9 Å². The van der Waals surface area contributed by atoms with Gasteiger partial charge >= 0.3 is 0 Å². The van der Waals surface area contributed by atoms with Crippen LogP contribution >= 0.6 is 0 Å². The minimum absolute atomic E-state index is 0.0304. The molecule has 0 fully saturated rings. The predicted octanol–water partition coefficient (Wildman–Crippen LogP) is 1.66. The average Bonchev–Trinajstić information content (AvgIpc) is 2.64. The Balaban J connectivity index is 2.73. The molecule has 0 aliphatic carbocycles. The average molecular weight is 255 g/mol. The number of nitrogens with two attached hydrogens (primary N) is 1. The number of anilines is 1. The number of phenolic OH excluding ortho intramolecular Hbond substituents is 1. The summed E-state index contributed by atoms with van der Waals surface area (Å²) >= 11 is 0. The zero-order valence-corrected chi connectivity index (χ0v) is 9.74. The van der Waals surface area contributed by atoms with E-state index in [0.717, 1.165) is 6.07 Å². The zero-order valence-electron chi connectivity index (χ0n) is 9.74. The predicted molar refractivity (Wildman–Crippen MR) is 61.2 cm³/mol. The van der Waals surface area contributed by atoms with Gasteiger partial charge in [-0.15, -0.1) is 0 Å². The standard InChI is InChI=1S/C11H11F2N3O2/c1-16-8(14)4-6(15-16)9-10(13)5(12)3-7(18-2)11(9)17/h3-4,17H,14H2,1-2H3. The molecule has 0 bridgehead atoms. The minimum Gasteiger partial charge on any atom is -0.504 e. The third kappa shape index (κ3) is 1.73. The van der Waals surface area contributed by atoms with E-state index in [2.05, 4.69) is 5.10 Å². The monoisotopic (exact) mass is 255 g/mol. The van der Waals surface area contributed by atoms with E-state index in [0.29, 0.717) is 0 Å². The van der Waals surface area contributed by atoms with Crippen molar-refractivity contribution in [2.45, 2.75) is 0 Å². The molecule has 7 heteroatoms. The van der Waals surface area contributed by atoms with Crippen LogP contribution in [0.2, 0.25) is 0 Å². The van der Waals surface area contributed by atoms with Gasteiger partial charge < -0.3 is 15.6 Å². The number of benzene rings is 1. The number of rotatable bonds is 2. The van der Waals surface area contributed by atoms with Gasteiger partial charge in [0, 0.05) is 19.2 Å². The van der Waals surface area contributed by atoms with Crippen molar-refractivity contribution in [2.75, 3.05) is 12.8 Å². The molecule has 1 aromatic heterocycles. The topological polar surface area (TPSA) is 73.3 Å². The second-order valence-corrected chi connectivity index (χ2v) is 3.68. The van der Waals surface area contributed by atoms with Crippen LogP contribution in [0.25, 0.3) is 11.3 Å². The lowest BCUT2D eigenvalue weighted by molar-refractivity contribution is 0.365. The summed E-state index contributed by atoms with van der Waals surface area (Å²) in [7, 11) is 2.78. The summed E-state index contributed by atoms with van der Waals surface area (Å²) in [4.78, 5) is 0. The molecule has 2 rings (SSSR count). The largest absolute Gasteiger partial charge is 0.504 e. The number of aromatic nitrogens is 2. The number of ether oxygens (including phenoxy) is 1. The molecule has 0 spiro atoms. The third-order valence-electron chi connectivity index (χ3n) is 2.55. The summed E-state index contributed by atoms with van der Waals surface area (Å²) < 4.78 is 33.1. The smallest absolute Gasteiger partial charge is 0.172 e. The molecule has 0 amide bonds. The van der Waals surface area contributed by atoms with E-state index in [-0.39, 0.29) is 22.8 Å². The summed E-state index contributed by atoms with van der Waals surface area (Å²) in [6.07, 6.45) is 0. The lowest BCUT2D eigenvalue weighted by Gasteiger charge is -2.09. The van der Waals surface area contributed by atoms with Crippen molar-refractivity contribution in [3.05, 3.63) is 23.8 Å². The Morgan fingerprint density at radius 1 is 1.39 bits per heavy atom. The van der Waals surface area contributed by atoms with Crippen molar-refractivity contribution in [2.24, 2.45) is 7.05 Å². The number of nitrogen functional groups attached to an aromatic ring is 1. The fourth-order valence-corrected chi connectivity index (χ4v) is 1.59. The van der Waals surface area contributed by atoms with Gasteiger partial charge in [0.15, 0.2) is 23.1 Å². The van der Waals surface area contributed by atoms with E-state index < -0.39 is 17.4 Å². The Morgan fingerprint density at radius 2 is 2.06 bits per heavy atom. The normalized spacial score (nSPS) is 10.7. The molecule has 18 heavy (non-hydrogen) atoms. The summed E-state index contributed by atoms with van der Waals surface area (Å²) in [6.45, 7) is 0. The molecular weight excluding hydrogens is 244 g/mol. The molecule has 2 aromatic rings. The number of hydrogen-bond acceptors (Lipinski definition) is 4. The highest BCUT2D eigenvalue weighted by Gasteiger charge is 2.22. The highest BCUT2D eigenvalue weighted by Crippen LogP contribution is 2.40. The van der Waals surface area contributed by atoms with E-state index in [1.807, 2.05) is 0 Å². The maximum Gasteiger partial charge on any atom is 0.172 e. The lowest BCUT2D eigenvalue weighted by Crippen LogP contribution is -1.98. The van der Waals surface area contributed by atoms with E-state index in [1.54, 1.807) is 7.05 Å². The SMILES string of the molecule is COc1cc(F)c(F)c(-c2cc(N)n(C)n2)c1O. The molecular formula is C11H11F2N3O2. The van der Waals surface area contributed by atoms with Gasteiger partial charge in [-0.1, -0.05) is 0 Å². The summed E-state index contributed by atoms with van der Waals surface area (Å²) in [5.41, 5.74) is 5.21. The Morgan fingerprint density at radius 3 is 2.56 bits per heavy atom. The molecule has 3 N–H and O–H groups in total. The summed E-state index contributed by atoms with van der Waals surface area (Å²) in [6, 6.07) is 2.09. The van der Waals surface area contributed by atoms with Crippen LogP contribution in [0.4, 0.5) is 14.6 Å². The molecule has 0 unspecified atom stereocenters. The Hall–Kier alpha value is -2.31. The second kappa shape index (κ2) is 4.17. The van der Waals surface area contributed by atoms with Crippen molar-refractivity contribution < 1.29 is 18.6 Å². The van der Waals surface area contributed by atoms with Gasteiger partial charge in [0.1, 0.15) is 11.5 Å². The van der Waals surface area contributed by atoms with E-state index >= 15 is 0 Å². The van der Waals surface area contributed by atoms with Crippen LogP contribution in [0.1, 0.15) is 0 Å². The van der Waals surface area contributed by atoms with Crippen LogP contribution in [-0.4, -0.2) is 22.0 Å². The van der Waals surface area contributed by atoms with Gasteiger partial charge in [-0.2, -0.15) is 5.10 Å². The van der Waals surface area contributed by atoms with E-state index in [4.69, 9.17) is 10.5 Å². The molecule has 1 aromatic carbocycles. The van der Waals surface area contributed by atoms with Crippen LogP contribution in [0.5, 0.6) is 11.5 Å². The zero-order chi connectivity index (χ0) is 13.4. The quantitative estimate of drug-likeness (QED) is 0.856. The first kappa shape index (κ1) is 12.2. The van der Waals surface area contributed by atoms with Gasteiger partial charge in [0.05, 0.1) is 12.7 Å². The molecule has 0 atom stereocenters. The third-order valence-corrected chi connectivity index (χ3v) is 2.55. The van der Waals surface area contributed by atoms with E-state index in [1.165, 1.54) is 17.9 Å². The maximum absolute atomic E-state index is 13.7. The van der Waals surface area contributed by atoms with Crippen molar-refractivity contribution in [3.63, 3.8) is 0 Å². The van der Waals surface area contributed by atoms with Gasteiger partial charge in [-0.25, -0.2) is 8.78 Å². The van der Waals surface area contributed by atoms with Crippen molar-refractivity contribution in [1.29, 1.82) is 0 Å². The number of aromatic hydroxyl groups is 1. The first-order valence-electron chi connectivity index (χ1n) is 5.00. The molecule has 1 heterocycles. The minimum atomic E-state index is -1.20. The number of aryl methyl sites for hydroxylation is 1. The van der Waals surface area contributed by atoms with Crippen molar-refractivity contribution in [3.8, 4) is 22.8 Å². The van der Waals surface area contributed by atoms with Gasteiger partial charge in [0.2, 0.25) is 0 Å². The number of hydrogen-bond donors (Lipinski definition) is 2. The molecule has 0 saturated heterocycles. The summed E-state index contributed by atoms with van der Waals surface area (Å²) in [5, 5.41) is 13.7. The number of methoxy groups -OCH3 is 1. The molecule has 0 aliphatic rings. The first-order chi connectivity index (χ1) is 8.45.